The minimum absolute atomic E-state index is 0.0355. The van der Waals surface area contributed by atoms with E-state index in [0.717, 1.165) is 25.7 Å². The molecule has 218 valence electrons. The molecule has 13 nitrogen and oxygen atoms in total. The lowest BCUT2D eigenvalue weighted by Crippen LogP contribution is -2.50. The molecule has 13 heteroatoms. The number of aliphatic hydroxyl groups excluding tert-OH is 1. The number of carbonyl (C=O) groups is 3. The maximum atomic E-state index is 13.4. The molecule has 1 fully saturated rings. The first-order valence-electron chi connectivity index (χ1n) is 14.0. The smallest absolute Gasteiger partial charge is 0.317 e. The number of rotatable bonds is 8. The van der Waals surface area contributed by atoms with Gasteiger partial charge in [0.2, 0.25) is 11.8 Å². The first-order valence-corrected chi connectivity index (χ1v) is 14.0. The molecule has 40 heavy (non-hydrogen) atoms. The van der Waals surface area contributed by atoms with Gasteiger partial charge in [-0.15, -0.1) is 5.10 Å². The van der Waals surface area contributed by atoms with E-state index in [-0.39, 0.29) is 55.4 Å². The van der Waals surface area contributed by atoms with Crippen LogP contribution in [0.4, 0.5) is 10.5 Å². The molecule has 3 atom stereocenters. The second-order valence-corrected chi connectivity index (χ2v) is 10.9. The number of hydrogen-bond acceptors (Lipinski definition) is 8. The molecular weight excluding hydrogens is 516 g/mol. The molecule has 1 aliphatic carbocycles. The van der Waals surface area contributed by atoms with Crippen LogP contribution in [0.3, 0.4) is 0 Å². The third-order valence-corrected chi connectivity index (χ3v) is 7.63. The largest absolute Gasteiger partial charge is 0.488 e. The van der Waals surface area contributed by atoms with E-state index in [0.29, 0.717) is 30.1 Å². The van der Waals surface area contributed by atoms with Gasteiger partial charge in [0.25, 0.3) is 0 Å². The molecule has 0 saturated heterocycles. The standard InChI is InChI=1S/C27H40N8O5/c1-18-13-35(19(2)16-36)26(38)12-20-11-22(29-25(37)15-34-17-28-31-32-34)9-10-23(20)40-24(18)14-33(3)27(39)30-21-7-5-4-6-8-21/h9-11,17-19,21,24,36H,4-8,12-16H2,1-3H3,(H,29,37)(H,30,39)/t18-,19+,24+/m0/s1. The van der Waals surface area contributed by atoms with Crippen LogP contribution < -0.4 is 15.4 Å². The zero-order valence-corrected chi connectivity index (χ0v) is 23.5. The van der Waals surface area contributed by atoms with Gasteiger partial charge in [0.1, 0.15) is 24.7 Å². The van der Waals surface area contributed by atoms with Crippen molar-refractivity contribution in [3.05, 3.63) is 30.1 Å². The van der Waals surface area contributed by atoms with Gasteiger partial charge < -0.3 is 30.3 Å². The maximum absolute atomic E-state index is 13.4. The molecule has 2 aromatic rings. The lowest BCUT2D eigenvalue weighted by Gasteiger charge is -2.34. The van der Waals surface area contributed by atoms with Crippen LogP contribution in [0, 0.1) is 5.92 Å². The van der Waals surface area contributed by atoms with Crippen LogP contribution in [0.15, 0.2) is 24.5 Å². The van der Waals surface area contributed by atoms with Gasteiger partial charge in [0.15, 0.2) is 0 Å². The van der Waals surface area contributed by atoms with E-state index in [9.17, 15) is 19.5 Å². The predicted octanol–water partition coefficient (Wildman–Crippen LogP) is 1.43. The SMILES string of the molecule is C[C@H](CO)N1C[C@H](C)[C@@H](CN(C)C(=O)NC2CCCCC2)Oc2ccc(NC(=O)Cn3cnnn3)cc2CC1=O. The van der Waals surface area contributed by atoms with E-state index in [1.807, 2.05) is 6.92 Å². The summed E-state index contributed by atoms with van der Waals surface area (Å²) < 4.78 is 7.80. The van der Waals surface area contributed by atoms with E-state index in [1.165, 1.54) is 17.4 Å². The van der Waals surface area contributed by atoms with Gasteiger partial charge in [-0.1, -0.05) is 26.2 Å². The number of hydrogen-bond donors (Lipinski definition) is 3. The predicted molar refractivity (Wildman–Crippen MR) is 146 cm³/mol. The molecule has 1 aromatic carbocycles. The molecule has 0 bridgehead atoms. The number of carbonyl (C=O) groups excluding carboxylic acids is 3. The summed E-state index contributed by atoms with van der Waals surface area (Å²) in [5.74, 6) is -0.0950. The number of nitrogens with zero attached hydrogens (tertiary/aromatic N) is 6. The van der Waals surface area contributed by atoms with Crippen molar-refractivity contribution < 1.29 is 24.2 Å². The van der Waals surface area contributed by atoms with Gasteiger partial charge >= 0.3 is 6.03 Å². The highest BCUT2D eigenvalue weighted by atomic mass is 16.5. The van der Waals surface area contributed by atoms with Crippen LogP contribution >= 0.6 is 0 Å². The maximum Gasteiger partial charge on any atom is 0.317 e. The Balaban J connectivity index is 1.53. The Morgan fingerprint density at radius 3 is 2.73 bits per heavy atom. The quantitative estimate of drug-likeness (QED) is 0.441. The second-order valence-electron chi connectivity index (χ2n) is 10.9. The highest BCUT2D eigenvalue weighted by molar-refractivity contribution is 5.91. The van der Waals surface area contributed by atoms with Crippen LogP contribution in [0.5, 0.6) is 5.75 Å². The average molecular weight is 557 g/mol. The Kier molecular flexibility index (Phi) is 9.91. The number of aromatic nitrogens is 4. The normalized spacial score (nSPS) is 20.8. The Bertz CT molecular complexity index is 1150. The minimum atomic E-state index is -0.416. The van der Waals surface area contributed by atoms with Crippen LogP contribution in [0.25, 0.3) is 0 Å². The number of urea groups is 1. The first kappa shape index (κ1) is 29.2. The van der Waals surface area contributed by atoms with Gasteiger partial charge in [-0.2, -0.15) is 0 Å². The fourth-order valence-corrected chi connectivity index (χ4v) is 5.21. The number of ether oxygens (including phenoxy) is 1. The number of benzene rings is 1. The summed E-state index contributed by atoms with van der Waals surface area (Å²) in [7, 11) is 1.75. The topological polar surface area (TPSA) is 155 Å². The summed E-state index contributed by atoms with van der Waals surface area (Å²) in [6.07, 6.45) is 6.42. The molecule has 3 N–H and O–H groups in total. The van der Waals surface area contributed by atoms with Gasteiger partial charge in [-0.3, -0.25) is 9.59 Å². The number of fused-ring (bicyclic) bond motifs is 1. The van der Waals surface area contributed by atoms with Crippen molar-refractivity contribution in [1.29, 1.82) is 0 Å². The lowest BCUT2D eigenvalue weighted by molar-refractivity contribution is -0.134. The molecule has 1 aromatic heterocycles. The second kappa shape index (κ2) is 13.6. The zero-order valence-electron chi connectivity index (χ0n) is 23.5. The number of aliphatic hydroxyl groups is 1. The summed E-state index contributed by atoms with van der Waals surface area (Å²) in [6, 6.07) is 4.84. The Morgan fingerprint density at radius 1 is 1.25 bits per heavy atom. The first-order chi connectivity index (χ1) is 19.2. The minimum Gasteiger partial charge on any atom is -0.488 e. The third-order valence-electron chi connectivity index (χ3n) is 7.63. The van der Waals surface area contributed by atoms with E-state index in [4.69, 9.17) is 4.74 Å². The Morgan fingerprint density at radius 2 is 2.02 bits per heavy atom. The van der Waals surface area contributed by atoms with Crippen LogP contribution in [-0.2, 0) is 22.6 Å². The van der Waals surface area contributed by atoms with Gasteiger partial charge in [-0.25, -0.2) is 9.48 Å². The van der Waals surface area contributed by atoms with Crippen molar-refractivity contribution in [1.82, 2.24) is 35.3 Å². The number of amides is 4. The van der Waals surface area contributed by atoms with Crippen molar-refractivity contribution in [2.75, 3.05) is 32.1 Å². The highest BCUT2D eigenvalue weighted by Gasteiger charge is 2.32. The summed E-state index contributed by atoms with van der Waals surface area (Å²) in [5, 5.41) is 26.6. The molecule has 1 aliphatic heterocycles. The van der Waals surface area contributed by atoms with E-state index >= 15 is 0 Å². The molecule has 4 rings (SSSR count). The molecule has 2 aliphatic rings. The van der Waals surface area contributed by atoms with Crippen LogP contribution in [0.2, 0.25) is 0 Å². The third kappa shape index (κ3) is 7.68. The average Bonchev–Trinajstić information content (AvgIpc) is 3.45. The highest BCUT2D eigenvalue weighted by Crippen LogP contribution is 2.29. The molecule has 0 spiro atoms. The van der Waals surface area contributed by atoms with Crippen molar-refractivity contribution in [2.45, 2.75) is 77.1 Å². The number of likely N-dealkylation sites (N-methyl/N-ethyl adjacent to an activating group) is 1. The zero-order chi connectivity index (χ0) is 28.6. The number of nitrogens with one attached hydrogen (secondary N) is 2. The van der Waals surface area contributed by atoms with E-state index in [2.05, 4.69) is 26.2 Å². The van der Waals surface area contributed by atoms with Crippen LogP contribution in [0.1, 0.15) is 51.5 Å². The van der Waals surface area contributed by atoms with Crippen LogP contribution in [-0.4, -0.2) is 97.9 Å². The van der Waals surface area contributed by atoms with Gasteiger partial charge in [0.05, 0.1) is 25.6 Å². The van der Waals surface area contributed by atoms with E-state index < -0.39 is 6.10 Å². The Hall–Kier alpha value is -3.74. The van der Waals surface area contributed by atoms with Gasteiger partial charge in [0, 0.05) is 36.8 Å². The molecular formula is C27H40N8O5. The fourth-order valence-electron chi connectivity index (χ4n) is 5.21. The molecule has 4 amide bonds. The number of anilines is 1. The van der Waals surface area contributed by atoms with E-state index in [1.54, 1.807) is 42.0 Å². The Labute approximate surface area is 234 Å². The molecule has 2 heterocycles. The van der Waals surface area contributed by atoms with Crippen molar-refractivity contribution in [3.63, 3.8) is 0 Å². The molecule has 0 unspecified atom stereocenters. The monoisotopic (exact) mass is 556 g/mol. The van der Waals surface area contributed by atoms with Crippen molar-refractivity contribution in [3.8, 4) is 5.75 Å². The summed E-state index contributed by atoms with van der Waals surface area (Å²) >= 11 is 0. The van der Waals surface area contributed by atoms with Crippen molar-refractivity contribution >= 4 is 23.5 Å². The summed E-state index contributed by atoms with van der Waals surface area (Å²) in [4.78, 5) is 42.2. The number of tetrazole rings is 1. The summed E-state index contributed by atoms with van der Waals surface area (Å²) in [5.41, 5.74) is 1.11. The molecule has 0 radical (unpaired) electrons. The van der Waals surface area contributed by atoms with Crippen molar-refractivity contribution in [2.24, 2.45) is 5.92 Å². The lowest BCUT2D eigenvalue weighted by atomic mass is 9.96. The molecule has 1 saturated carbocycles. The fraction of sp³-hybridized carbons (Fsp3) is 0.630. The summed E-state index contributed by atoms with van der Waals surface area (Å²) in [6.45, 7) is 4.25. The van der Waals surface area contributed by atoms with Gasteiger partial charge in [-0.05, 0) is 48.4 Å².